The quantitative estimate of drug-likeness (QED) is 0.690. The summed E-state index contributed by atoms with van der Waals surface area (Å²) in [6.45, 7) is 8.02. The zero-order chi connectivity index (χ0) is 17.9. The number of ether oxygens (including phenoxy) is 2. The van der Waals surface area contributed by atoms with Gasteiger partial charge in [-0.2, -0.15) is 0 Å². The molecule has 0 bridgehead atoms. The van der Waals surface area contributed by atoms with Gasteiger partial charge in [0.25, 0.3) is 0 Å². The predicted octanol–water partition coefficient (Wildman–Crippen LogP) is 3.09. The second-order valence-corrected chi connectivity index (χ2v) is 8.61. The van der Waals surface area contributed by atoms with Crippen LogP contribution in [0.5, 0.6) is 0 Å². The predicted molar refractivity (Wildman–Crippen MR) is 86.7 cm³/mol. The first-order valence-corrected chi connectivity index (χ1v) is 8.33. The molecule has 3 aliphatic rings. The van der Waals surface area contributed by atoms with Gasteiger partial charge in [-0.25, -0.2) is 0 Å². The summed E-state index contributed by atoms with van der Waals surface area (Å²) < 4.78 is 11.0. The highest BCUT2D eigenvalue weighted by Crippen LogP contribution is 2.50. The molecule has 24 heavy (non-hydrogen) atoms. The van der Waals surface area contributed by atoms with Crippen molar-refractivity contribution in [3.05, 3.63) is 22.7 Å². The van der Waals surface area contributed by atoms with E-state index < -0.39 is 11.9 Å². The van der Waals surface area contributed by atoms with E-state index in [1.807, 2.05) is 27.7 Å². The Morgan fingerprint density at radius 2 is 1.33 bits per heavy atom. The maximum Gasteiger partial charge on any atom is 0.318 e. The molecule has 0 saturated carbocycles. The van der Waals surface area contributed by atoms with Crippen molar-refractivity contribution in [1.82, 2.24) is 0 Å². The molecule has 0 aromatic heterocycles. The number of allylic oxidation sites excluding steroid dienone is 2. The molecule has 0 fully saturated rings. The van der Waals surface area contributed by atoms with Crippen LogP contribution in [0.2, 0.25) is 0 Å². The summed E-state index contributed by atoms with van der Waals surface area (Å²) in [5.74, 6) is -0.658. The molecule has 0 spiro atoms. The van der Waals surface area contributed by atoms with Crippen molar-refractivity contribution in [2.45, 2.75) is 53.4 Å². The minimum atomic E-state index is -0.930. The number of rotatable bonds is 1. The highest BCUT2D eigenvalue weighted by molar-refractivity contribution is 6.10. The van der Waals surface area contributed by atoms with E-state index in [1.54, 1.807) is 0 Å². The van der Waals surface area contributed by atoms with Crippen LogP contribution in [0.15, 0.2) is 22.7 Å². The smallest absolute Gasteiger partial charge is 0.318 e. The van der Waals surface area contributed by atoms with E-state index >= 15 is 0 Å². The van der Waals surface area contributed by atoms with Crippen LogP contribution in [0.4, 0.5) is 0 Å². The molecular weight excluding hydrogens is 308 g/mol. The van der Waals surface area contributed by atoms with Gasteiger partial charge in [0.2, 0.25) is 0 Å². The van der Waals surface area contributed by atoms with Crippen molar-refractivity contribution in [2.24, 2.45) is 16.7 Å². The third-order valence-corrected chi connectivity index (χ3v) is 5.02. The van der Waals surface area contributed by atoms with Crippen LogP contribution in [0.3, 0.4) is 0 Å². The summed E-state index contributed by atoms with van der Waals surface area (Å²) in [6, 6.07) is 0. The van der Waals surface area contributed by atoms with Gasteiger partial charge < -0.3 is 9.47 Å². The monoisotopic (exact) mass is 332 g/mol. The summed E-state index contributed by atoms with van der Waals surface area (Å²) in [4.78, 5) is 37.8. The Bertz CT molecular complexity index is 653. The van der Waals surface area contributed by atoms with E-state index in [0.717, 1.165) is 0 Å². The van der Waals surface area contributed by atoms with E-state index in [9.17, 15) is 14.4 Å². The minimum absolute atomic E-state index is 0.124. The van der Waals surface area contributed by atoms with Gasteiger partial charge in [0.15, 0.2) is 11.6 Å². The highest BCUT2D eigenvalue weighted by atomic mass is 16.5. The van der Waals surface area contributed by atoms with Crippen molar-refractivity contribution >= 4 is 17.5 Å². The second kappa shape index (κ2) is 5.30. The number of methoxy groups -OCH3 is 1. The molecule has 0 unspecified atom stereocenters. The molecule has 130 valence electrons. The first-order chi connectivity index (χ1) is 11.0. The van der Waals surface area contributed by atoms with Crippen LogP contribution in [0.1, 0.15) is 53.4 Å². The fourth-order valence-electron chi connectivity index (χ4n) is 4.03. The minimum Gasteiger partial charge on any atom is -0.468 e. The van der Waals surface area contributed by atoms with Crippen LogP contribution in [-0.4, -0.2) is 24.6 Å². The fraction of sp³-hybridized carbons (Fsp3) is 0.632. The normalized spacial score (nSPS) is 25.9. The van der Waals surface area contributed by atoms with Gasteiger partial charge in [0.1, 0.15) is 17.4 Å². The average molecular weight is 332 g/mol. The van der Waals surface area contributed by atoms with E-state index in [-0.39, 0.29) is 22.4 Å². The Labute approximate surface area is 142 Å². The van der Waals surface area contributed by atoms with Crippen molar-refractivity contribution in [3.63, 3.8) is 0 Å². The maximum absolute atomic E-state index is 12.7. The number of carbonyl (C=O) groups is 3. The van der Waals surface area contributed by atoms with Crippen LogP contribution in [0.25, 0.3) is 0 Å². The Morgan fingerprint density at radius 3 is 1.71 bits per heavy atom. The van der Waals surface area contributed by atoms with Gasteiger partial charge in [-0.05, 0) is 10.8 Å². The van der Waals surface area contributed by atoms with Crippen molar-refractivity contribution < 1.29 is 23.9 Å². The number of carbonyl (C=O) groups excluding carboxylic acids is 3. The third-order valence-electron chi connectivity index (χ3n) is 5.02. The standard InChI is InChI=1S/C19H24O5/c1-18(2)6-10(20)14-12(8-18)24-13-9-19(3,4)7-11(21)15(13)16(14)17(22)23-5/h16H,6-9H2,1-5H3. The van der Waals surface area contributed by atoms with E-state index in [1.165, 1.54) is 7.11 Å². The second-order valence-electron chi connectivity index (χ2n) is 8.61. The Morgan fingerprint density at radius 1 is 0.917 bits per heavy atom. The van der Waals surface area contributed by atoms with Crippen LogP contribution in [-0.2, 0) is 23.9 Å². The number of hydrogen-bond donors (Lipinski definition) is 0. The number of esters is 1. The fourth-order valence-corrected chi connectivity index (χ4v) is 4.03. The molecule has 0 saturated heterocycles. The van der Waals surface area contributed by atoms with E-state index in [4.69, 9.17) is 9.47 Å². The van der Waals surface area contributed by atoms with E-state index in [0.29, 0.717) is 48.3 Å². The molecule has 0 N–H and O–H groups in total. The summed E-state index contributed by atoms with van der Waals surface area (Å²) in [6.07, 6.45) is 1.83. The lowest BCUT2D eigenvalue weighted by atomic mass is 9.67. The van der Waals surface area contributed by atoms with Gasteiger partial charge >= 0.3 is 5.97 Å². The molecule has 0 aromatic carbocycles. The summed E-state index contributed by atoms with van der Waals surface area (Å²) in [5.41, 5.74) is 0.215. The lowest BCUT2D eigenvalue weighted by Gasteiger charge is -2.41. The van der Waals surface area contributed by atoms with E-state index in [2.05, 4.69) is 0 Å². The van der Waals surface area contributed by atoms with Crippen molar-refractivity contribution in [1.29, 1.82) is 0 Å². The Balaban J connectivity index is 2.14. The number of Topliss-reactive ketones (excluding diaryl/α,β-unsaturated/α-hetero) is 2. The molecule has 0 aromatic rings. The van der Waals surface area contributed by atoms with Crippen molar-refractivity contribution in [2.75, 3.05) is 7.11 Å². The van der Waals surface area contributed by atoms with Crippen LogP contribution >= 0.6 is 0 Å². The first kappa shape index (κ1) is 16.9. The number of ketones is 2. The molecule has 5 heteroatoms. The molecule has 1 heterocycles. The molecule has 1 aliphatic heterocycles. The lowest BCUT2D eigenvalue weighted by Crippen LogP contribution is -2.41. The number of hydrogen-bond acceptors (Lipinski definition) is 5. The molecule has 0 atom stereocenters. The largest absolute Gasteiger partial charge is 0.468 e. The first-order valence-electron chi connectivity index (χ1n) is 8.33. The highest BCUT2D eigenvalue weighted by Gasteiger charge is 2.50. The Hall–Kier alpha value is -1.91. The van der Waals surface area contributed by atoms with Crippen LogP contribution < -0.4 is 0 Å². The zero-order valence-electron chi connectivity index (χ0n) is 14.9. The molecule has 2 aliphatic carbocycles. The molecule has 0 radical (unpaired) electrons. The Kier molecular flexibility index (Phi) is 3.74. The molecular formula is C19H24O5. The summed E-state index contributed by atoms with van der Waals surface area (Å²) in [7, 11) is 1.28. The van der Waals surface area contributed by atoms with Gasteiger partial charge in [-0.15, -0.1) is 0 Å². The third kappa shape index (κ3) is 2.70. The summed E-state index contributed by atoms with van der Waals surface area (Å²) >= 11 is 0. The average Bonchev–Trinajstić information content (AvgIpc) is 2.41. The lowest BCUT2D eigenvalue weighted by molar-refractivity contribution is -0.145. The van der Waals surface area contributed by atoms with Gasteiger partial charge in [0.05, 0.1) is 18.3 Å². The maximum atomic E-state index is 12.7. The van der Waals surface area contributed by atoms with Crippen molar-refractivity contribution in [3.8, 4) is 0 Å². The molecule has 3 rings (SSSR count). The zero-order valence-corrected chi connectivity index (χ0v) is 14.9. The topological polar surface area (TPSA) is 69.7 Å². The van der Waals surface area contributed by atoms with Crippen LogP contribution in [0, 0.1) is 16.7 Å². The SMILES string of the molecule is COC(=O)C1C2=C(CC(C)(C)CC2=O)OC2=C1C(=O)CC(C)(C)C2. The molecule has 5 nitrogen and oxygen atoms in total. The van der Waals surface area contributed by atoms with Gasteiger partial charge in [-0.1, -0.05) is 27.7 Å². The van der Waals surface area contributed by atoms with Gasteiger partial charge in [0, 0.05) is 25.7 Å². The van der Waals surface area contributed by atoms with Gasteiger partial charge in [-0.3, -0.25) is 14.4 Å². The molecule has 0 amide bonds. The summed E-state index contributed by atoms with van der Waals surface area (Å²) in [5, 5.41) is 0.